The van der Waals surface area contributed by atoms with Crippen molar-refractivity contribution >= 4 is 40.7 Å². The largest absolute Gasteiger partial charge is 0.378 e. The van der Waals surface area contributed by atoms with E-state index in [9.17, 15) is 0 Å². The average molecular weight is 339 g/mol. The van der Waals surface area contributed by atoms with Crippen LogP contribution >= 0.6 is 23.2 Å². The number of nitrogens with one attached hydrogen (secondary N) is 1. The summed E-state index contributed by atoms with van der Waals surface area (Å²) in [6.45, 7) is 4.93. The molecule has 2 heterocycles. The third-order valence-electron chi connectivity index (χ3n) is 3.33. The summed E-state index contributed by atoms with van der Waals surface area (Å²) >= 11 is 12.1. The molecule has 0 spiro atoms. The van der Waals surface area contributed by atoms with Crippen LogP contribution < -0.4 is 10.2 Å². The first-order chi connectivity index (χ1) is 10.6. The molecule has 0 aliphatic carbocycles. The fourth-order valence-electron chi connectivity index (χ4n) is 2.25. The van der Waals surface area contributed by atoms with Crippen molar-refractivity contribution in [2.75, 3.05) is 36.5 Å². The highest BCUT2D eigenvalue weighted by molar-refractivity contribution is 6.36. The highest BCUT2D eigenvalue weighted by Gasteiger charge is 2.15. The van der Waals surface area contributed by atoms with E-state index in [-0.39, 0.29) is 0 Å². The fraction of sp³-hybridized carbons (Fsp3) is 0.333. The van der Waals surface area contributed by atoms with Crippen molar-refractivity contribution in [2.45, 2.75) is 6.92 Å². The number of hydrogen-bond donors (Lipinski definition) is 1. The number of rotatable bonds is 3. The Labute approximate surface area is 139 Å². The van der Waals surface area contributed by atoms with Gasteiger partial charge >= 0.3 is 0 Å². The molecule has 1 N–H and O–H groups in total. The second kappa shape index (κ2) is 6.69. The van der Waals surface area contributed by atoms with Crippen LogP contribution in [0, 0.1) is 6.92 Å². The fourth-order valence-corrected chi connectivity index (χ4v) is 2.71. The van der Waals surface area contributed by atoms with Gasteiger partial charge in [0.05, 0.1) is 23.9 Å². The van der Waals surface area contributed by atoms with Gasteiger partial charge in [-0.2, -0.15) is 4.98 Å². The van der Waals surface area contributed by atoms with Crippen LogP contribution in [0.2, 0.25) is 10.0 Å². The summed E-state index contributed by atoms with van der Waals surface area (Å²) < 4.78 is 5.36. The highest BCUT2D eigenvalue weighted by Crippen LogP contribution is 2.28. The van der Waals surface area contributed by atoms with Gasteiger partial charge in [0.2, 0.25) is 5.95 Å². The minimum absolute atomic E-state index is 0.552. The summed E-state index contributed by atoms with van der Waals surface area (Å²) in [4.78, 5) is 11.2. The topological polar surface area (TPSA) is 50.3 Å². The molecule has 1 aromatic heterocycles. The molecule has 22 heavy (non-hydrogen) atoms. The van der Waals surface area contributed by atoms with Crippen LogP contribution in [0.5, 0.6) is 0 Å². The van der Waals surface area contributed by atoms with Crippen LogP contribution in [0.3, 0.4) is 0 Å². The number of hydrogen-bond acceptors (Lipinski definition) is 5. The molecule has 116 valence electrons. The Kier molecular flexibility index (Phi) is 4.66. The van der Waals surface area contributed by atoms with E-state index in [1.807, 2.05) is 19.1 Å². The van der Waals surface area contributed by atoms with Crippen LogP contribution in [-0.2, 0) is 4.74 Å². The molecule has 0 amide bonds. The van der Waals surface area contributed by atoms with Gasteiger partial charge in [-0.3, -0.25) is 0 Å². The van der Waals surface area contributed by atoms with E-state index in [0.29, 0.717) is 35.0 Å². The van der Waals surface area contributed by atoms with Crippen molar-refractivity contribution in [1.29, 1.82) is 0 Å². The van der Waals surface area contributed by atoms with Crippen LogP contribution in [-0.4, -0.2) is 36.3 Å². The van der Waals surface area contributed by atoms with Crippen molar-refractivity contribution in [2.24, 2.45) is 0 Å². The number of halogens is 2. The molecule has 3 rings (SSSR count). The van der Waals surface area contributed by atoms with Crippen molar-refractivity contribution < 1.29 is 4.74 Å². The minimum atomic E-state index is 0.552. The lowest BCUT2D eigenvalue weighted by Gasteiger charge is -2.27. The smallest absolute Gasteiger partial charge is 0.227 e. The zero-order chi connectivity index (χ0) is 15.5. The van der Waals surface area contributed by atoms with Gasteiger partial charge in [-0.1, -0.05) is 23.2 Å². The maximum Gasteiger partial charge on any atom is 0.227 e. The summed E-state index contributed by atoms with van der Waals surface area (Å²) in [5.41, 5.74) is 1.65. The van der Waals surface area contributed by atoms with Gasteiger partial charge in [0.15, 0.2) is 0 Å². The van der Waals surface area contributed by atoms with Crippen LogP contribution in [0.4, 0.5) is 17.5 Å². The lowest BCUT2D eigenvalue weighted by molar-refractivity contribution is 0.122. The average Bonchev–Trinajstić information content (AvgIpc) is 2.50. The lowest BCUT2D eigenvalue weighted by Crippen LogP contribution is -2.37. The third kappa shape index (κ3) is 3.61. The van der Waals surface area contributed by atoms with Gasteiger partial charge < -0.3 is 15.0 Å². The van der Waals surface area contributed by atoms with Gasteiger partial charge in [-0.25, -0.2) is 4.98 Å². The molecule has 0 radical (unpaired) electrons. The van der Waals surface area contributed by atoms with Gasteiger partial charge in [0, 0.05) is 29.9 Å². The Morgan fingerprint density at radius 3 is 2.64 bits per heavy atom. The van der Waals surface area contributed by atoms with Crippen molar-refractivity contribution in [1.82, 2.24) is 9.97 Å². The predicted octanol–water partition coefficient (Wildman–Crippen LogP) is 3.67. The van der Waals surface area contributed by atoms with Crippen molar-refractivity contribution in [3.63, 3.8) is 0 Å². The first kappa shape index (κ1) is 15.3. The summed E-state index contributed by atoms with van der Waals surface area (Å²) in [5, 5.41) is 4.37. The lowest BCUT2D eigenvalue weighted by atomic mass is 10.3. The van der Waals surface area contributed by atoms with Gasteiger partial charge in [0.1, 0.15) is 5.82 Å². The third-order valence-corrected chi connectivity index (χ3v) is 3.88. The molecule has 1 aliphatic rings. The SMILES string of the molecule is Cc1cc(Nc2ccc(Cl)cc2Cl)nc(N2CCOCC2)n1. The zero-order valence-electron chi connectivity index (χ0n) is 12.1. The number of ether oxygens (including phenoxy) is 1. The zero-order valence-corrected chi connectivity index (χ0v) is 13.7. The maximum atomic E-state index is 6.19. The summed E-state index contributed by atoms with van der Waals surface area (Å²) in [6, 6.07) is 7.19. The molecule has 5 nitrogen and oxygen atoms in total. The van der Waals surface area contributed by atoms with E-state index < -0.39 is 0 Å². The summed E-state index contributed by atoms with van der Waals surface area (Å²) in [7, 11) is 0. The normalized spacial score (nSPS) is 15.0. The molecule has 1 fully saturated rings. The Bertz CT molecular complexity index is 675. The van der Waals surface area contributed by atoms with E-state index in [1.165, 1.54) is 0 Å². The molecular weight excluding hydrogens is 323 g/mol. The number of benzene rings is 1. The Balaban J connectivity index is 1.85. The van der Waals surface area contributed by atoms with E-state index in [1.54, 1.807) is 12.1 Å². The second-order valence-electron chi connectivity index (χ2n) is 5.04. The molecule has 1 saturated heterocycles. The van der Waals surface area contributed by atoms with Gasteiger partial charge in [0.25, 0.3) is 0 Å². The molecule has 0 bridgehead atoms. The van der Waals surface area contributed by atoms with Gasteiger partial charge in [-0.15, -0.1) is 0 Å². The Hall–Kier alpha value is -1.56. The van der Waals surface area contributed by atoms with E-state index in [2.05, 4.69) is 20.2 Å². The van der Waals surface area contributed by atoms with Crippen LogP contribution in [0.1, 0.15) is 5.69 Å². The number of aryl methyl sites for hydroxylation is 1. The first-order valence-corrected chi connectivity index (χ1v) is 7.78. The molecule has 0 unspecified atom stereocenters. The number of aromatic nitrogens is 2. The van der Waals surface area contributed by atoms with Crippen molar-refractivity contribution in [3.05, 3.63) is 40.0 Å². The number of anilines is 3. The summed E-state index contributed by atoms with van der Waals surface area (Å²) in [6.07, 6.45) is 0. The molecule has 1 aliphatic heterocycles. The Morgan fingerprint density at radius 2 is 1.91 bits per heavy atom. The quantitative estimate of drug-likeness (QED) is 0.925. The Morgan fingerprint density at radius 1 is 1.14 bits per heavy atom. The van der Waals surface area contributed by atoms with Crippen LogP contribution in [0.25, 0.3) is 0 Å². The highest BCUT2D eigenvalue weighted by atomic mass is 35.5. The second-order valence-corrected chi connectivity index (χ2v) is 5.89. The van der Waals surface area contributed by atoms with Crippen LogP contribution in [0.15, 0.2) is 24.3 Å². The number of nitrogens with zero attached hydrogens (tertiary/aromatic N) is 3. The number of morpholine rings is 1. The molecule has 7 heteroatoms. The van der Waals surface area contributed by atoms with Crippen molar-refractivity contribution in [3.8, 4) is 0 Å². The first-order valence-electron chi connectivity index (χ1n) is 7.02. The van der Waals surface area contributed by atoms with E-state index >= 15 is 0 Å². The van der Waals surface area contributed by atoms with E-state index in [0.717, 1.165) is 24.5 Å². The van der Waals surface area contributed by atoms with E-state index in [4.69, 9.17) is 27.9 Å². The molecule has 0 saturated carbocycles. The predicted molar refractivity (Wildman–Crippen MR) is 89.5 cm³/mol. The molecule has 1 aromatic carbocycles. The molecule has 2 aromatic rings. The summed E-state index contributed by atoms with van der Waals surface area (Å²) in [5.74, 6) is 1.41. The maximum absolute atomic E-state index is 6.19. The molecular formula is C15H16Cl2N4O. The van der Waals surface area contributed by atoms with Gasteiger partial charge in [-0.05, 0) is 25.1 Å². The minimum Gasteiger partial charge on any atom is -0.378 e. The monoisotopic (exact) mass is 338 g/mol. The molecule has 0 atom stereocenters. The standard InChI is InChI=1S/C15H16Cl2N4O/c1-10-8-14(19-13-3-2-11(16)9-12(13)17)20-15(18-10)21-4-6-22-7-5-21/h2-3,8-9H,4-7H2,1H3,(H,18,19,20).